The summed E-state index contributed by atoms with van der Waals surface area (Å²) in [6.45, 7) is 6.92. The summed E-state index contributed by atoms with van der Waals surface area (Å²) in [6.07, 6.45) is 0. The van der Waals surface area contributed by atoms with Crippen molar-refractivity contribution in [2.24, 2.45) is 0 Å². The number of aryl methyl sites for hydroxylation is 2. The van der Waals surface area contributed by atoms with Gasteiger partial charge < -0.3 is 9.30 Å². The van der Waals surface area contributed by atoms with Gasteiger partial charge in [-0.25, -0.2) is 9.97 Å². The smallest absolute Gasteiger partial charge is 0.191 e. The van der Waals surface area contributed by atoms with Gasteiger partial charge in [-0.15, -0.1) is 10.2 Å². The van der Waals surface area contributed by atoms with Gasteiger partial charge in [-0.2, -0.15) is 0 Å². The van der Waals surface area contributed by atoms with Gasteiger partial charge in [0.15, 0.2) is 10.3 Å². The van der Waals surface area contributed by atoms with E-state index in [-0.39, 0.29) is 0 Å². The molecule has 27 heavy (non-hydrogen) atoms. The lowest BCUT2D eigenvalue weighted by molar-refractivity contribution is 0.414. The van der Waals surface area contributed by atoms with Crippen LogP contribution in [0.1, 0.15) is 29.7 Å². The van der Waals surface area contributed by atoms with Crippen LogP contribution in [0.15, 0.2) is 40.6 Å². The van der Waals surface area contributed by atoms with Gasteiger partial charge in [0.2, 0.25) is 0 Å². The molecule has 0 radical (unpaired) electrons. The molecule has 0 amide bonds. The highest BCUT2D eigenvalue weighted by molar-refractivity contribution is 7.98. The van der Waals surface area contributed by atoms with Crippen LogP contribution in [0.25, 0.3) is 0 Å². The molecule has 0 saturated carbocycles. The molecule has 2 aromatic heterocycles. The second kappa shape index (κ2) is 9.23. The van der Waals surface area contributed by atoms with Gasteiger partial charge >= 0.3 is 0 Å². The lowest BCUT2D eigenvalue weighted by atomic mass is 10.2. The number of thioether (sulfide) groups is 2. The molecule has 0 aliphatic heterocycles. The predicted molar refractivity (Wildman–Crippen MR) is 109 cm³/mol. The van der Waals surface area contributed by atoms with E-state index < -0.39 is 0 Å². The van der Waals surface area contributed by atoms with E-state index in [4.69, 9.17) is 4.74 Å². The molecule has 8 heteroatoms. The first-order valence-electron chi connectivity index (χ1n) is 8.72. The fourth-order valence-electron chi connectivity index (χ4n) is 2.61. The minimum absolute atomic E-state index is 0.701. The van der Waals surface area contributed by atoms with Crippen LogP contribution in [-0.4, -0.2) is 31.8 Å². The van der Waals surface area contributed by atoms with Crippen molar-refractivity contribution in [1.29, 1.82) is 0 Å². The second-order valence-electron chi connectivity index (χ2n) is 6.00. The van der Waals surface area contributed by atoms with Crippen LogP contribution >= 0.6 is 23.5 Å². The molecular weight excluding hydrogens is 378 g/mol. The molecule has 0 saturated heterocycles. The fraction of sp³-hybridized carbons (Fsp3) is 0.368. The molecule has 0 bridgehead atoms. The Morgan fingerprint density at radius 1 is 0.963 bits per heavy atom. The third kappa shape index (κ3) is 5.23. The molecule has 0 N–H and O–H groups in total. The standard InChI is InChI=1S/C19H23N5OS2/c1-5-24-17(12-26-18-20-13(2)10-14(3)21-18)22-23-19(24)27-11-15-6-8-16(25-4)9-7-15/h6-10H,5,11-12H2,1-4H3. The second-order valence-corrected chi connectivity index (χ2v) is 7.89. The molecule has 0 aliphatic rings. The summed E-state index contributed by atoms with van der Waals surface area (Å²) in [6, 6.07) is 10.1. The number of hydrogen-bond acceptors (Lipinski definition) is 7. The van der Waals surface area contributed by atoms with Crippen LogP contribution < -0.4 is 4.74 Å². The van der Waals surface area contributed by atoms with Gasteiger partial charge in [0.25, 0.3) is 0 Å². The highest BCUT2D eigenvalue weighted by Crippen LogP contribution is 2.26. The van der Waals surface area contributed by atoms with Crippen molar-refractivity contribution in [3.05, 3.63) is 53.1 Å². The fourth-order valence-corrected chi connectivity index (χ4v) is 4.47. The van der Waals surface area contributed by atoms with E-state index >= 15 is 0 Å². The highest BCUT2D eigenvalue weighted by Gasteiger charge is 2.13. The molecule has 1 aromatic carbocycles. The van der Waals surface area contributed by atoms with Gasteiger partial charge in [0, 0.05) is 23.7 Å². The first-order valence-corrected chi connectivity index (χ1v) is 10.7. The number of ether oxygens (including phenoxy) is 1. The van der Waals surface area contributed by atoms with E-state index in [2.05, 4.69) is 43.8 Å². The highest BCUT2D eigenvalue weighted by atomic mass is 32.2. The zero-order valence-corrected chi connectivity index (χ0v) is 17.6. The summed E-state index contributed by atoms with van der Waals surface area (Å²) < 4.78 is 7.36. The van der Waals surface area contributed by atoms with Crippen LogP contribution in [-0.2, 0) is 18.1 Å². The largest absolute Gasteiger partial charge is 0.497 e. The van der Waals surface area contributed by atoms with Crippen LogP contribution in [0, 0.1) is 13.8 Å². The Labute approximate surface area is 168 Å². The summed E-state index contributed by atoms with van der Waals surface area (Å²) in [5.74, 6) is 3.36. The topological polar surface area (TPSA) is 65.7 Å². The number of methoxy groups -OCH3 is 1. The Bertz CT molecular complexity index is 875. The third-order valence-corrected chi connectivity index (χ3v) is 5.81. The summed E-state index contributed by atoms with van der Waals surface area (Å²) in [4.78, 5) is 8.96. The molecule has 2 heterocycles. The molecule has 142 valence electrons. The van der Waals surface area contributed by atoms with Crippen LogP contribution in [0.3, 0.4) is 0 Å². The van der Waals surface area contributed by atoms with E-state index in [1.807, 2.05) is 32.0 Å². The molecule has 0 fully saturated rings. The average Bonchev–Trinajstić information content (AvgIpc) is 3.06. The molecular formula is C19H23N5OS2. The predicted octanol–water partition coefficient (Wildman–Crippen LogP) is 4.30. The van der Waals surface area contributed by atoms with Crippen molar-refractivity contribution >= 4 is 23.5 Å². The van der Waals surface area contributed by atoms with Crippen molar-refractivity contribution < 1.29 is 4.74 Å². The Morgan fingerprint density at radius 2 is 1.67 bits per heavy atom. The maximum atomic E-state index is 5.20. The van der Waals surface area contributed by atoms with Crippen molar-refractivity contribution in [3.8, 4) is 5.75 Å². The number of nitrogens with zero attached hydrogens (tertiary/aromatic N) is 5. The normalized spacial score (nSPS) is 11.0. The Kier molecular flexibility index (Phi) is 6.73. The molecule has 3 aromatic rings. The Balaban J connectivity index is 1.64. The number of aromatic nitrogens is 5. The van der Waals surface area contributed by atoms with E-state index in [0.29, 0.717) is 5.75 Å². The Morgan fingerprint density at radius 3 is 2.30 bits per heavy atom. The van der Waals surface area contributed by atoms with E-state index in [0.717, 1.165) is 45.6 Å². The summed E-state index contributed by atoms with van der Waals surface area (Å²) in [7, 11) is 1.68. The molecule has 0 unspecified atom stereocenters. The first-order chi connectivity index (χ1) is 13.1. The van der Waals surface area contributed by atoms with Crippen LogP contribution in [0.5, 0.6) is 5.75 Å². The van der Waals surface area contributed by atoms with Gasteiger partial charge in [-0.05, 0) is 44.5 Å². The molecule has 0 spiro atoms. The molecule has 6 nitrogen and oxygen atoms in total. The molecule has 0 atom stereocenters. The van der Waals surface area contributed by atoms with Gasteiger partial charge in [-0.1, -0.05) is 35.7 Å². The van der Waals surface area contributed by atoms with Crippen LogP contribution in [0.2, 0.25) is 0 Å². The monoisotopic (exact) mass is 401 g/mol. The molecule has 3 rings (SSSR count). The third-order valence-electron chi connectivity index (χ3n) is 3.93. The molecule has 0 aliphatic carbocycles. The van der Waals surface area contributed by atoms with Crippen molar-refractivity contribution in [2.75, 3.05) is 7.11 Å². The number of hydrogen-bond donors (Lipinski definition) is 0. The zero-order valence-electron chi connectivity index (χ0n) is 16.0. The zero-order chi connectivity index (χ0) is 19.2. The van der Waals surface area contributed by atoms with E-state index in [1.54, 1.807) is 30.6 Å². The number of rotatable bonds is 8. The van der Waals surface area contributed by atoms with E-state index in [1.165, 1.54) is 5.56 Å². The Hall–Kier alpha value is -2.06. The number of benzene rings is 1. The maximum Gasteiger partial charge on any atom is 0.191 e. The van der Waals surface area contributed by atoms with E-state index in [9.17, 15) is 0 Å². The van der Waals surface area contributed by atoms with Crippen molar-refractivity contribution in [2.45, 2.75) is 49.1 Å². The van der Waals surface area contributed by atoms with Gasteiger partial charge in [0.1, 0.15) is 11.6 Å². The van der Waals surface area contributed by atoms with Crippen molar-refractivity contribution in [3.63, 3.8) is 0 Å². The van der Waals surface area contributed by atoms with Gasteiger partial charge in [0.05, 0.1) is 12.9 Å². The minimum atomic E-state index is 0.701. The first kappa shape index (κ1) is 19.7. The minimum Gasteiger partial charge on any atom is -0.497 e. The van der Waals surface area contributed by atoms with Crippen LogP contribution in [0.4, 0.5) is 0 Å². The summed E-state index contributed by atoms with van der Waals surface area (Å²) in [5, 5.41) is 10.5. The average molecular weight is 402 g/mol. The lowest BCUT2D eigenvalue weighted by Gasteiger charge is -2.08. The quantitative estimate of drug-likeness (QED) is 0.412. The SMILES string of the molecule is CCn1c(CSc2nc(C)cc(C)n2)nnc1SCc1ccc(OC)cc1. The summed E-state index contributed by atoms with van der Waals surface area (Å²) in [5.41, 5.74) is 3.20. The summed E-state index contributed by atoms with van der Waals surface area (Å²) >= 11 is 3.29. The lowest BCUT2D eigenvalue weighted by Crippen LogP contribution is -2.03. The van der Waals surface area contributed by atoms with Gasteiger partial charge in [-0.3, -0.25) is 0 Å². The van der Waals surface area contributed by atoms with Crippen molar-refractivity contribution in [1.82, 2.24) is 24.7 Å². The maximum absolute atomic E-state index is 5.20.